The van der Waals surface area contributed by atoms with Gasteiger partial charge in [-0.15, -0.1) is 0 Å². The molecule has 1 fully saturated rings. The van der Waals surface area contributed by atoms with E-state index in [2.05, 4.69) is 33.6 Å². The largest absolute Gasteiger partial charge is 0.353 e. The Kier molecular flexibility index (Phi) is 3.61. The van der Waals surface area contributed by atoms with E-state index in [1.807, 2.05) is 0 Å². The van der Waals surface area contributed by atoms with Gasteiger partial charge < -0.3 is 4.90 Å². The van der Waals surface area contributed by atoms with Crippen molar-refractivity contribution >= 4 is 17.4 Å². The predicted octanol–water partition coefficient (Wildman–Crippen LogP) is 1.66. The molecule has 2 rings (SSSR count). The van der Waals surface area contributed by atoms with Crippen LogP contribution in [-0.4, -0.2) is 47.1 Å². The molecule has 0 atom stereocenters. The van der Waals surface area contributed by atoms with Crippen LogP contribution in [0.5, 0.6) is 0 Å². The maximum atomic E-state index is 5.83. The van der Waals surface area contributed by atoms with E-state index >= 15 is 0 Å². The minimum atomic E-state index is 0.462. The van der Waals surface area contributed by atoms with Crippen LogP contribution in [0.1, 0.15) is 13.8 Å². The summed E-state index contributed by atoms with van der Waals surface area (Å²) in [5.41, 5.74) is 0. The maximum Gasteiger partial charge on any atom is 0.149 e. The molecular formula is C11H17ClN4. The molecule has 1 aliphatic rings. The lowest BCUT2D eigenvalue weighted by molar-refractivity contribution is 0.209. The summed E-state index contributed by atoms with van der Waals surface area (Å²) in [6.07, 6.45) is 3.34. The lowest BCUT2D eigenvalue weighted by Gasteiger charge is -2.37. The van der Waals surface area contributed by atoms with Gasteiger partial charge in [0.25, 0.3) is 0 Å². The summed E-state index contributed by atoms with van der Waals surface area (Å²) in [6, 6.07) is 0.618. The number of rotatable bonds is 2. The van der Waals surface area contributed by atoms with Gasteiger partial charge in [-0.1, -0.05) is 11.6 Å². The molecule has 0 spiro atoms. The van der Waals surface area contributed by atoms with E-state index in [1.54, 1.807) is 12.4 Å². The molecule has 0 unspecified atom stereocenters. The van der Waals surface area contributed by atoms with Crippen molar-refractivity contribution in [2.45, 2.75) is 19.9 Å². The molecule has 0 N–H and O–H groups in total. The van der Waals surface area contributed by atoms with E-state index < -0.39 is 0 Å². The first kappa shape index (κ1) is 11.6. The van der Waals surface area contributed by atoms with Crippen LogP contribution in [-0.2, 0) is 0 Å². The Labute approximate surface area is 101 Å². The molecule has 0 aromatic carbocycles. The molecule has 16 heavy (non-hydrogen) atoms. The Hall–Kier alpha value is -0.870. The number of nitrogens with zero attached hydrogens (tertiary/aromatic N) is 4. The number of hydrogen-bond acceptors (Lipinski definition) is 4. The highest BCUT2D eigenvalue weighted by atomic mass is 35.5. The van der Waals surface area contributed by atoms with Gasteiger partial charge in [0, 0.05) is 32.2 Å². The van der Waals surface area contributed by atoms with Crippen LogP contribution in [0.25, 0.3) is 0 Å². The molecular weight excluding hydrogens is 224 g/mol. The summed E-state index contributed by atoms with van der Waals surface area (Å²) in [4.78, 5) is 13.0. The maximum absolute atomic E-state index is 5.83. The van der Waals surface area contributed by atoms with Gasteiger partial charge in [-0.05, 0) is 13.8 Å². The lowest BCUT2D eigenvalue weighted by atomic mass is 10.2. The SMILES string of the molecule is CC(C)N1CCN(c2cncc(Cl)n2)CC1. The highest BCUT2D eigenvalue weighted by molar-refractivity contribution is 6.29. The van der Waals surface area contributed by atoms with Crippen LogP contribution in [0.2, 0.25) is 5.15 Å². The van der Waals surface area contributed by atoms with E-state index in [-0.39, 0.29) is 0 Å². The first-order valence-corrected chi connectivity index (χ1v) is 6.01. The van der Waals surface area contributed by atoms with Crippen LogP contribution in [0, 0.1) is 0 Å². The number of halogens is 1. The molecule has 1 aromatic rings. The smallest absolute Gasteiger partial charge is 0.149 e. The molecule has 2 heterocycles. The third-order valence-corrected chi connectivity index (χ3v) is 3.14. The van der Waals surface area contributed by atoms with E-state index in [9.17, 15) is 0 Å². The summed E-state index contributed by atoms with van der Waals surface area (Å²) in [5, 5.41) is 0.462. The average molecular weight is 241 g/mol. The standard InChI is InChI=1S/C11H17ClN4/c1-9(2)15-3-5-16(6-4-15)11-8-13-7-10(12)14-11/h7-9H,3-6H2,1-2H3. The molecule has 1 saturated heterocycles. The van der Waals surface area contributed by atoms with Gasteiger partial charge in [-0.2, -0.15) is 0 Å². The second kappa shape index (κ2) is 4.97. The Morgan fingerprint density at radius 3 is 2.44 bits per heavy atom. The first-order chi connectivity index (χ1) is 7.66. The van der Waals surface area contributed by atoms with Crippen molar-refractivity contribution < 1.29 is 0 Å². The van der Waals surface area contributed by atoms with Crippen LogP contribution in [0.3, 0.4) is 0 Å². The summed E-state index contributed by atoms with van der Waals surface area (Å²) in [7, 11) is 0. The molecule has 0 amide bonds. The zero-order chi connectivity index (χ0) is 11.5. The average Bonchev–Trinajstić information content (AvgIpc) is 2.29. The first-order valence-electron chi connectivity index (χ1n) is 5.63. The van der Waals surface area contributed by atoms with Crippen molar-refractivity contribution in [2.24, 2.45) is 0 Å². The highest BCUT2D eigenvalue weighted by Gasteiger charge is 2.19. The second-order valence-corrected chi connectivity index (χ2v) is 4.70. The zero-order valence-electron chi connectivity index (χ0n) is 9.73. The minimum absolute atomic E-state index is 0.462. The highest BCUT2D eigenvalue weighted by Crippen LogP contribution is 2.15. The Morgan fingerprint density at radius 2 is 1.88 bits per heavy atom. The topological polar surface area (TPSA) is 32.3 Å². The lowest BCUT2D eigenvalue weighted by Crippen LogP contribution is -2.49. The van der Waals surface area contributed by atoms with Crippen molar-refractivity contribution in [3.8, 4) is 0 Å². The fourth-order valence-corrected chi connectivity index (χ4v) is 2.10. The van der Waals surface area contributed by atoms with Crippen molar-refractivity contribution in [3.63, 3.8) is 0 Å². The molecule has 4 nitrogen and oxygen atoms in total. The number of hydrogen-bond donors (Lipinski definition) is 0. The Balaban J connectivity index is 1.99. The van der Waals surface area contributed by atoms with Crippen LogP contribution < -0.4 is 4.90 Å². The van der Waals surface area contributed by atoms with Crippen molar-refractivity contribution in [1.82, 2.24) is 14.9 Å². The molecule has 88 valence electrons. The summed E-state index contributed by atoms with van der Waals surface area (Å²) in [5.74, 6) is 0.885. The van der Waals surface area contributed by atoms with E-state index in [0.29, 0.717) is 11.2 Å². The number of anilines is 1. The molecule has 1 aliphatic heterocycles. The van der Waals surface area contributed by atoms with E-state index in [0.717, 1.165) is 32.0 Å². The quantitative estimate of drug-likeness (QED) is 0.787. The van der Waals surface area contributed by atoms with Crippen LogP contribution >= 0.6 is 11.6 Å². The van der Waals surface area contributed by atoms with Crippen molar-refractivity contribution in [1.29, 1.82) is 0 Å². The van der Waals surface area contributed by atoms with Gasteiger partial charge in [0.05, 0.1) is 12.4 Å². The molecule has 5 heteroatoms. The predicted molar refractivity (Wildman–Crippen MR) is 66.0 cm³/mol. The molecule has 0 bridgehead atoms. The van der Waals surface area contributed by atoms with Gasteiger partial charge in [0.1, 0.15) is 11.0 Å². The number of aromatic nitrogens is 2. The van der Waals surface area contributed by atoms with E-state index in [1.165, 1.54) is 0 Å². The molecule has 1 aromatic heterocycles. The second-order valence-electron chi connectivity index (χ2n) is 4.32. The monoisotopic (exact) mass is 240 g/mol. The third-order valence-electron chi connectivity index (χ3n) is 2.96. The summed E-state index contributed by atoms with van der Waals surface area (Å²) >= 11 is 5.83. The minimum Gasteiger partial charge on any atom is -0.353 e. The fourth-order valence-electron chi connectivity index (χ4n) is 1.95. The van der Waals surface area contributed by atoms with Gasteiger partial charge in [0.15, 0.2) is 0 Å². The van der Waals surface area contributed by atoms with Gasteiger partial charge >= 0.3 is 0 Å². The fraction of sp³-hybridized carbons (Fsp3) is 0.636. The number of piperazine rings is 1. The normalized spacial score (nSPS) is 18.1. The molecule has 0 radical (unpaired) electrons. The Morgan fingerprint density at radius 1 is 1.19 bits per heavy atom. The summed E-state index contributed by atoms with van der Waals surface area (Å²) in [6.45, 7) is 8.60. The zero-order valence-corrected chi connectivity index (χ0v) is 10.5. The van der Waals surface area contributed by atoms with Crippen LogP contribution in [0.15, 0.2) is 12.4 Å². The summed E-state index contributed by atoms with van der Waals surface area (Å²) < 4.78 is 0. The van der Waals surface area contributed by atoms with Gasteiger partial charge in [-0.25, -0.2) is 4.98 Å². The molecule has 0 saturated carbocycles. The van der Waals surface area contributed by atoms with E-state index in [4.69, 9.17) is 11.6 Å². The molecule has 0 aliphatic carbocycles. The third kappa shape index (κ3) is 2.62. The van der Waals surface area contributed by atoms with Crippen LogP contribution in [0.4, 0.5) is 5.82 Å². The van der Waals surface area contributed by atoms with Gasteiger partial charge in [0.2, 0.25) is 0 Å². The van der Waals surface area contributed by atoms with Crippen molar-refractivity contribution in [3.05, 3.63) is 17.5 Å². The van der Waals surface area contributed by atoms with Gasteiger partial charge in [-0.3, -0.25) is 9.88 Å². The van der Waals surface area contributed by atoms with Crippen molar-refractivity contribution in [2.75, 3.05) is 31.1 Å². The Bertz CT molecular complexity index is 348.